The first kappa shape index (κ1) is 14.2. The van der Waals surface area contributed by atoms with Gasteiger partial charge in [-0.2, -0.15) is 13.2 Å². The molecule has 10 heteroatoms. The number of carbonyl (C=O) groups excluding carboxylic acids is 1. The highest BCUT2D eigenvalue weighted by Crippen LogP contribution is 2.25. The van der Waals surface area contributed by atoms with E-state index in [9.17, 15) is 18.0 Å². The highest BCUT2D eigenvalue weighted by molar-refractivity contribution is 5.82. The number of carbonyl (C=O) groups is 1. The molecule has 0 bridgehead atoms. The standard InChI is InChI=1S/C11H16F3N5O2/c12-11(13,14)9(20)21-19-8-7-15-3-6-18(8)10(16-19)17-4-1-2-5-17/h8,15H,1-7H2. The quantitative estimate of drug-likeness (QED) is 0.731. The van der Waals surface area contributed by atoms with Crippen LogP contribution in [0.3, 0.4) is 0 Å². The second kappa shape index (κ2) is 5.24. The Morgan fingerprint density at radius 3 is 2.67 bits per heavy atom. The van der Waals surface area contributed by atoms with Gasteiger partial charge in [0.25, 0.3) is 0 Å². The Bertz CT molecular complexity index is 450. The molecule has 3 heterocycles. The van der Waals surface area contributed by atoms with Crippen LogP contribution in [-0.4, -0.2) is 72.0 Å². The maximum Gasteiger partial charge on any atom is 0.493 e. The molecule has 0 saturated carbocycles. The Balaban J connectivity index is 1.77. The summed E-state index contributed by atoms with van der Waals surface area (Å²) >= 11 is 0. The zero-order valence-electron chi connectivity index (χ0n) is 11.3. The number of hydrogen-bond donors (Lipinski definition) is 1. The topological polar surface area (TPSA) is 60.4 Å². The van der Waals surface area contributed by atoms with E-state index in [-0.39, 0.29) is 0 Å². The minimum atomic E-state index is -5.03. The van der Waals surface area contributed by atoms with E-state index >= 15 is 0 Å². The van der Waals surface area contributed by atoms with E-state index in [1.807, 2.05) is 9.80 Å². The second-order valence-corrected chi connectivity index (χ2v) is 5.15. The van der Waals surface area contributed by atoms with E-state index in [1.54, 1.807) is 0 Å². The molecule has 3 rings (SSSR count). The number of hydrogen-bond acceptors (Lipinski definition) is 7. The number of hydrazone groups is 1. The molecule has 7 nitrogen and oxygen atoms in total. The summed E-state index contributed by atoms with van der Waals surface area (Å²) in [7, 11) is 0. The number of halogens is 3. The van der Waals surface area contributed by atoms with E-state index < -0.39 is 18.3 Å². The van der Waals surface area contributed by atoms with Crippen LogP contribution in [0.25, 0.3) is 0 Å². The Hall–Kier alpha value is -1.71. The average Bonchev–Trinajstić information content (AvgIpc) is 3.05. The van der Waals surface area contributed by atoms with Crippen LogP contribution in [0.4, 0.5) is 13.2 Å². The van der Waals surface area contributed by atoms with Gasteiger partial charge >= 0.3 is 12.1 Å². The third-order valence-electron chi connectivity index (χ3n) is 3.71. The summed E-state index contributed by atoms with van der Waals surface area (Å²) < 4.78 is 37.0. The van der Waals surface area contributed by atoms with Crippen LogP contribution >= 0.6 is 0 Å². The number of guanidine groups is 1. The molecule has 0 aromatic heterocycles. The van der Waals surface area contributed by atoms with E-state index in [0.29, 0.717) is 25.6 Å². The van der Waals surface area contributed by atoms with Crippen molar-refractivity contribution in [1.29, 1.82) is 0 Å². The summed E-state index contributed by atoms with van der Waals surface area (Å²) in [5, 5.41) is 7.92. The zero-order chi connectivity index (χ0) is 15.0. The molecule has 0 radical (unpaired) electrons. The van der Waals surface area contributed by atoms with E-state index in [1.165, 1.54) is 0 Å². The van der Waals surface area contributed by atoms with Gasteiger partial charge in [-0.25, -0.2) is 4.79 Å². The predicted octanol–water partition coefficient (Wildman–Crippen LogP) is -0.0794. The molecule has 0 aromatic carbocycles. The lowest BCUT2D eigenvalue weighted by Gasteiger charge is -2.36. The molecule has 1 unspecified atom stereocenters. The number of fused-ring (bicyclic) bond motifs is 1. The van der Waals surface area contributed by atoms with Gasteiger partial charge in [-0.15, -0.1) is 5.10 Å². The fraction of sp³-hybridized carbons (Fsp3) is 0.818. The lowest BCUT2D eigenvalue weighted by molar-refractivity contribution is -0.250. The summed E-state index contributed by atoms with van der Waals surface area (Å²) in [4.78, 5) is 19.3. The molecule has 2 saturated heterocycles. The molecule has 118 valence electrons. The normalized spacial score (nSPS) is 26.0. The average molecular weight is 307 g/mol. The summed E-state index contributed by atoms with van der Waals surface area (Å²) in [6.45, 7) is 3.34. The monoisotopic (exact) mass is 307 g/mol. The SMILES string of the molecule is O=C(ON1N=C(N2CCCC2)N2CCNCC12)C(F)(F)F. The van der Waals surface area contributed by atoms with Crippen molar-refractivity contribution in [3.05, 3.63) is 0 Å². The lowest BCUT2D eigenvalue weighted by Crippen LogP contribution is -2.57. The fourth-order valence-electron chi connectivity index (χ4n) is 2.71. The van der Waals surface area contributed by atoms with Gasteiger partial charge < -0.3 is 20.0 Å². The molecule has 0 amide bonds. The van der Waals surface area contributed by atoms with Crippen molar-refractivity contribution < 1.29 is 22.8 Å². The number of nitrogens with one attached hydrogen (secondary N) is 1. The van der Waals surface area contributed by atoms with Gasteiger partial charge in [0.05, 0.1) is 0 Å². The van der Waals surface area contributed by atoms with E-state index in [4.69, 9.17) is 0 Å². The first-order valence-electron chi connectivity index (χ1n) is 6.86. The Kier molecular flexibility index (Phi) is 3.56. The van der Waals surface area contributed by atoms with Gasteiger partial charge in [0.15, 0.2) is 6.17 Å². The Labute approximate surface area is 119 Å². The van der Waals surface area contributed by atoms with Crippen LogP contribution in [0.15, 0.2) is 5.10 Å². The molecule has 21 heavy (non-hydrogen) atoms. The highest BCUT2D eigenvalue weighted by atomic mass is 19.4. The van der Waals surface area contributed by atoms with E-state index in [0.717, 1.165) is 31.1 Å². The van der Waals surface area contributed by atoms with Crippen LogP contribution in [0, 0.1) is 0 Å². The van der Waals surface area contributed by atoms with Crippen LogP contribution in [0.2, 0.25) is 0 Å². The molecule has 1 N–H and O–H groups in total. The summed E-state index contributed by atoms with van der Waals surface area (Å²) in [6, 6.07) is 0. The largest absolute Gasteiger partial charge is 0.493 e. The number of nitrogens with zero attached hydrogens (tertiary/aromatic N) is 4. The minimum absolute atomic E-state index is 0.381. The van der Waals surface area contributed by atoms with Gasteiger partial charge in [0.1, 0.15) is 0 Å². The maximum absolute atomic E-state index is 12.3. The molecule has 3 aliphatic rings. The number of hydroxylamine groups is 1. The molecular weight excluding hydrogens is 291 g/mol. The third kappa shape index (κ3) is 2.71. The van der Waals surface area contributed by atoms with Crippen molar-refractivity contribution in [2.75, 3.05) is 32.7 Å². The Morgan fingerprint density at radius 1 is 1.29 bits per heavy atom. The van der Waals surface area contributed by atoms with Crippen molar-refractivity contribution in [3.8, 4) is 0 Å². The molecule has 0 aliphatic carbocycles. The fourth-order valence-corrected chi connectivity index (χ4v) is 2.71. The molecule has 3 aliphatic heterocycles. The Morgan fingerprint density at radius 2 is 2.00 bits per heavy atom. The van der Waals surface area contributed by atoms with Gasteiger partial charge in [-0.3, -0.25) is 0 Å². The van der Waals surface area contributed by atoms with Crippen LogP contribution < -0.4 is 5.32 Å². The first-order chi connectivity index (χ1) is 9.97. The van der Waals surface area contributed by atoms with Crippen molar-refractivity contribution >= 4 is 11.9 Å². The van der Waals surface area contributed by atoms with Crippen LogP contribution in [-0.2, 0) is 9.63 Å². The molecule has 0 aromatic rings. The molecule has 2 fully saturated rings. The van der Waals surface area contributed by atoms with Crippen molar-refractivity contribution in [1.82, 2.24) is 20.3 Å². The zero-order valence-corrected chi connectivity index (χ0v) is 11.3. The maximum atomic E-state index is 12.3. The van der Waals surface area contributed by atoms with Gasteiger partial charge in [0.2, 0.25) is 5.96 Å². The first-order valence-corrected chi connectivity index (χ1v) is 6.86. The van der Waals surface area contributed by atoms with Crippen LogP contribution in [0.1, 0.15) is 12.8 Å². The number of alkyl halides is 3. The van der Waals surface area contributed by atoms with Gasteiger partial charge in [-0.05, 0) is 12.8 Å². The third-order valence-corrected chi connectivity index (χ3v) is 3.71. The minimum Gasteiger partial charge on any atom is -0.341 e. The van der Waals surface area contributed by atoms with E-state index in [2.05, 4.69) is 15.3 Å². The summed E-state index contributed by atoms with van der Waals surface area (Å²) in [6.07, 6.45) is -3.50. The van der Waals surface area contributed by atoms with Crippen LogP contribution in [0.5, 0.6) is 0 Å². The molecule has 0 spiro atoms. The predicted molar refractivity (Wildman–Crippen MR) is 65.6 cm³/mol. The highest BCUT2D eigenvalue weighted by Gasteiger charge is 2.47. The van der Waals surface area contributed by atoms with Crippen molar-refractivity contribution in [2.24, 2.45) is 5.10 Å². The molecule has 1 atom stereocenters. The number of likely N-dealkylation sites (tertiary alicyclic amines) is 1. The lowest BCUT2D eigenvalue weighted by atomic mass is 10.3. The number of piperazine rings is 1. The summed E-state index contributed by atoms with van der Waals surface area (Å²) in [5.74, 6) is -1.66. The van der Waals surface area contributed by atoms with Crippen molar-refractivity contribution in [2.45, 2.75) is 25.2 Å². The smallest absolute Gasteiger partial charge is 0.341 e. The summed E-state index contributed by atoms with van der Waals surface area (Å²) in [5.41, 5.74) is 0. The molecular formula is C11H16F3N5O2. The van der Waals surface area contributed by atoms with Gasteiger partial charge in [0, 0.05) is 32.7 Å². The van der Waals surface area contributed by atoms with Crippen molar-refractivity contribution in [3.63, 3.8) is 0 Å². The van der Waals surface area contributed by atoms with Gasteiger partial charge in [-0.1, -0.05) is 5.17 Å². The second-order valence-electron chi connectivity index (χ2n) is 5.15. The number of rotatable bonds is 1.